The summed E-state index contributed by atoms with van der Waals surface area (Å²) in [4.78, 5) is 118. The molecule has 10 rings (SSSR count). The highest BCUT2D eigenvalue weighted by molar-refractivity contribution is 6.17. The zero-order valence-electron chi connectivity index (χ0n) is 57.5. The molecule has 2 aliphatic rings. The van der Waals surface area contributed by atoms with E-state index in [1.165, 1.54) is 18.2 Å². The Morgan fingerprint density at radius 3 is 0.847 bits per heavy atom. The van der Waals surface area contributed by atoms with E-state index < -0.39 is 71.3 Å². The Hall–Kier alpha value is -11.2. The minimum absolute atomic E-state index is 0.0220. The number of ether oxygens (including phenoxy) is 4. The predicted molar refractivity (Wildman–Crippen MR) is 380 cm³/mol. The molecule has 2 aliphatic heterocycles. The summed E-state index contributed by atoms with van der Waals surface area (Å²) in [6.07, 6.45) is -2.08. The summed E-state index contributed by atoms with van der Waals surface area (Å²) >= 11 is 0. The molecule has 0 fully saturated rings. The van der Waals surface area contributed by atoms with Gasteiger partial charge in [-0.25, -0.2) is 0 Å². The van der Waals surface area contributed by atoms with Gasteiger partial charge in [-0.2, -0.15) is 0 Å². The highest BCUT2D eigenvalue weighted by Gasteiger charge is 2.30. The largest absolute Gasteiger partial charge is 0.506 e. The van der Waals surface area contributed by atoms with Gasteiger partial charge in [0, 0.05) is 56.6 Å². The van der Waals surface area contributed by atoms with Gasteiger partial charge in [-0.1, -0.05) is 24.3 Å². The third-order valence-corrected chi connectivity index (χ3v) is 17.1. The van der Waals surface area contributed by atoms with Gasteiger partial charge >= 0.3 is 0 Å². The monoisotopic (exact) mass is 1320 g/mol. The summed E-state index contributed by atoms with van der Waals surface area (Å²) in [6, 6.07) is 27.4. The molecular weight excluding hydrogens is 1240 g/mol. The maximum atomic E-state index is 15.0. The van der Waals surface area contributed by atoms with Crippen molar-refractivity contribution < 1.29 is 62.4 Å². The zero-order valence-corrected chi connectivity index (χ0v) is 57.5. The number of amides is 8. The molecule has 8 aromatic carbocycles. The topological polar surface area (TPSA) is 290 Å². The molecule has 21 heteroatoms. The molecular formula is C77H80N8O13. The van der Waals surface area contributed by atoms with Crippen molar-refractivity contribution in [3.05, 3.63) is 214 Å². The van der Waals surface area contributed by atoms with Crippen molar-refractivity contribution in [1.82, 2.24) is 0 Å². The first-order valence-electron chi connectivity index (χ1n) is 32.1. The molecule has 8 aromatic rings. The van der Waals surface area contributed by atoms with E-state index in [9.17, 15) is 33.9 Å². The number of rotatable bonds is 0. The molecule has 3 atom stereocenters. The summed E-state index contributed by atoms with van der Waals surface area (Å²) in [6.45, 7) is 26.1. The Balaban J connectivity index is 1.13. The van der Waals surface area contributed by atoms with Crippen molar-refractivity contribution in [3.8, 4) is 17.2 Å². The van der Waals surface area contributed by atoms with Gasteiger partial charge < -0.3 is 66.6 Å². The highest BCUT2D eigenvalue weighted by Crippen LogP contribution is 2.37. The van der Waals surface area contributed by atoms with Crippen LogP contribution in [-0.2, 0) is 9.47 Å². The van der Waals surface area contributed by atoms with E-state index in [2.05, 4.69) is 42.5 Å². The fourth-order valence-electron chi connectivity index (χ4n) is 11.8. The fraction of sp³-hybridized carbons (Fsp3) is 0.273. The SMILES string of the molecule is Cc1cc2cc(c1)C(=O)Nc1cc(c(C)cc1C)NC(=O)c1cc(C)cc3c1OC(C)COC(C)COC(C)COc1c(cc(C)cc1C(=O)Nc1cc(c(C)cc1C)NC(=O)c1cc(C)cc(c1O)C(=O)Nc1cc(c(C)cc1C)NC3=O)C(=O)Nc1cc(c(C)cc1C)NC2=O. The van der Waals surface area contributed by atoms with Crippen LogP contribution in [-0.4, -0.2) is 90.5 Å². The Kier molecular flexibility index (Phi) is 20.4. The number of anilines is 8. The smallest absolute Gasteiger partial charge is 0.259 e. The maximum Gasteiger partial charge on any atom is 0.259 e. The number of fused-ring (bicyclic) bond motifs is 21. The van der Waals surface area contributed by atoms with Crippen LogP contribution in [0.1, 0.15) is 170 Å². The summed E-state index contributed by atoms with van der Waals surface area (Å²) < 4.78 is 25.8. The number of phenols is 1. The number of nitrogens with one attached hydrogen (secondary N) is 8. The van der Waals surface area contributed by atoms with Crippen LogP contribution in [0.15, 0.2) is 103 Å². The molecule has 0 spiro atoms. The lowest BCUT2D eigenvalue weighted by molar-refractivity contribution is -0.0570. The van der Waals surface area contributed by atoms with Gasteiger partial charge in [-0.3, -0.25) is 38.4 Å². The number of carbonyl (C=O) groups is 8. The van der Waals surface area contributed by atoms with Gasteiger partial charge in [0.15, 0.2) is 0 Å². The first-order valence-corrected chi connectivity index (χ1v) is 32.1. The van der Waals surface area contributed by atoms with E-state index in [4.69, 9.17) is 18.9 Å². The van der Waals surface area contributed by atoms with Gasteiger partial charge in [0.25, 0.3) is 47.3 Å². The van der Waals surface area contributed by atoms with E-state index in [-0.39, 0.29) is 98.6 Å². The predicted octanol–water partition coefficient (Wildman–Crippen LogP) is 14.4. The summed E-state index contributed by atoms with van der Waals surface area (Å²) in [5.74, 6) is -6.15. The minimum Gasteiger partial charge on any atom is -0.506 e. The molecule has 21 nitrogen and oxygen atoms in total. The summed E-state index contributed by atoms with van der Waals surface area (Å²) in [5, 5.41) is 35.5. The van der Waals surface area contributed by atoms with E-state index in [0.29, 0.717) is 89.5 Å². The third kappa shape index (κ3) is 15.5. The quantitative estimate of drug-likeness (QED) is 0.0639. The maximum absolute atomic E-state index is 15.0. The molecule has 0 aromatic heterocycles. The van der Waals surface area contributed by atoms with E-state index >= 15 is 9.59 Å². The molecule has 8 amide bonds. The van der Waals surface area contributed by atoms with E-state index in [1.807, 2.05) is 0 Å². The van der Waals surface area contributed by atoms with Gasteiger partial charge in [-0.05, 0) is 249 Å². The van der Waals surface area contributed by atoms with E-state index in [1.54, 1.807) is 189 Å². The Labute approximate surface area is 568 Å². The molecule has 0 radical (unpaired) electrons. The van der Waals surface area contributed by atoms with Crippen LogP contribution < -0.4 is 52.0 Å². The first-order chi connectivity index (χ1) is 46.4. The van der Waals surface area contributed by atoms with Crippen molar-refractivity contribution in [2.24, 2.45) is 0 Å². The number of hydrogen-bond acceptors (Lipinski definition) is 13. The van der Waals surface area contributed by atoms with Crippen molar-refractivity contribution in [2.75, 3.05) is 62.4 Å². The Morgan fingerprint density at radius 2 is 0.531 bits per heavy atom. The van der Waals surface area contributed by atoms with Crippen LogP contribution in [0.25, 0.3) is 0 Å². The van der Waals surface area contributed by atoms with Crippen molar-refractivity contribution in [3.63, 3.8) is 0 Å². The summed E-state index contributed by atoms with van der Waals surface area (Å²) in [7, 11) is 0. The van der Waals surface area contributed by atoms with E-state index in [0.717, 1.165) is 0 Å². The second-order valence-electron chi connectivity index (χ2n) is 25.8. The van der Waals surface area contributed by atoms with Crippen LogP contribution in [0.3, 0.4) is 0 Å². The van der Waals surface area contributed by atoms with Crippen LogP contribution in [0.4, 0.5) is 45.5 Å². The lowest BCUT2D eigenvalue weighted by Crippen LogP contribution is -2.29. The lowest BCUT2D eigenvalue weighted by atomic mass is 10.0. The highest BCUT2D eigenvalue weighted by atomic mass is 16.6. The Morgan fingerprint density at radius 1 is 0.286 bits per heavy atom. The third-order valence-electron chi connectivity index (χ3n) is 17.1. The van der Waals surface area contributed by atoms with Crippen LogP contribution in [0.5, 0.6) is 17.2 Å². The molecule has 0 saturated heterocycles. The normalized spacial score (nSPS) is 16.8. The number of hydrogen-bond donors (Lipinski definition) is 9. The summed E-state index contributed by atoms with van der Waals surface area (Å²) in [5.41, 5.74) is 9.26. The molecule has 14 bridgehead atoms. The van der Waals surface area contributed by atoms with Gasteiger partial charge in [0.1, 0.15) is 30.0 Å². The second-order valence-corrected chi connectivity index (χ2v) is 25.8. The van der Waals surface area contributed by atoms with Crippen LogP contribution >= 0.6 is 0 Å². The molecule has 506 valence electrons. The molecule has 98 heavy (non-hydrogen) atoms. The molecule has 0 saturated carbocycles. The number of aryl methyl sites for hydroxylation is 12. The number of phenolic OH excluding ortho intramolecular Hbond substituents is 1. The van der Waals surface area contributed by atoms with Gasteiger partial charge in [-0.15, -0.1) is 0 Å². The van der Waals surface area contributed by atoms with Crippen LogP contribution in [0.2, 0.25) is 0 Å². The molecule has 0 aliphatic carbocycles. The standard InChI is InChI=1S/C77H80N8O13/c1-36-16-51-28-52(17-36)71(88)79-60-30-64(45(10)25-41(60)6)84-76(93)57-22-39(4)23-58-69(57)98-50(15)35-96-48(13)33-95-49(14)34-97-68-55(74(91)82-63-29-59(78-70(51)87)40(5)24-44(63)9)20-38(3)21-56(68)75(92)83-65-31-61(42(7)26-46(65)11)80-72(89)53-18-37(2)19-54(67(53)86)73(90)81-62-32-66(85-77(58)94)47(12)27-43(62)8/h16-32,48-50,86H,33-35H2,1-15H3,(H,78,87)(H,79,88)(H,80,89)(H,81,90)(H,82,91)(H,83,92)(H,84,93)(H,85,94). The molecule has 2 heterocycles. The fourth-order valence-corrected chi connectivity index (χ4v) is 11.8. The minimum atomic E-state index is -0.821. The zero-order chi connectivity index (χ0) is 70.9. The van der Waals surface area contributed by atoms with Crippen LogP contribution in [0, 0.1) is 83.1 Å². The molecule has 3 unspecified atom stereocenters. The lowest BCUT2D eigenvalue weighted by Gasteiger charge is -2.24. The average molecular weight is 1330 g/mol. The first kappa shape index (κ1) is 69.7. The van der Waals surface area contributed by atoms with Crippen molar-refractivity contribution in [2.45, 2.75) is 122 Å². The second kappa shape index (κ2) is 28.7. The van der Waals surface area contributed by atoms with Crippen molar-refractivity contribution in [1.29, 1.82) is 0 Å². The Bertz CT molecular complexity index is 4670. The van der Waals surface area contributed by atoms with Gasteiger partial charge in [0.2, 0.25) is 0 Å². The number of benzene rings is 8. The van der Waals surface area contributed by atoms with Gasteiger partial charge in [0.05, 0.1) is 58.8 Å². The average Bonchev–Trinajstić information content (AvgIpc) is 0.797. The van der Waals surface area contributed by atoms with Crippen molar-refractivity contribution >= 4 is 92.8 Å². The number of carbonyl (C=O) groups excluding carboxylic acids is 8. The number of aromatic hydroxyl groups is 1. The molecule has 9 N–H and O–H groups in total.